The van der Waals surface area contributed by atoms with E-state index in [-0.39, 0.29) is 30.2 Å². The highest BCUT2D eigenvalue weighted by molar-refractivity contribution is 6.30. The molecule has 1 amide bonds. The molecule has 3 atom stereocenters. The zero-order valence-electron chi connectivity index (χ0n) is 14.1. The molecule has 2 fully saturated rings. The molecule has 3 rings (SSSR count). The van der Waals surface area contributed by atoms with Gasteiger partial charge in [0.05, 0.1) is 19.3 Å². The summed E-state index contributed by atoms with van der Waals surface area (Å²) in [4.78, 5) is 26.5. The first-order valence-electron chi connectivity index (χ1n) is 8.58. The summed E-state index contributed by atoms with van der Waals surface area (Å²) in [5, 5.41) is 2.90. The number of ether oxygens (including phenoxy) is 1. The van der Waals surface area contributed by atoms with Crippen molar-refractivity contribution in [1.82, 2.24) is 4.90 Å². The maximum Gasteiger partial charge on any atom is 0.323 e. The molecule has 1 N–H and O–H groups in total. The summed E-state index contributed by atoms with van der Waals surface area (Å²) in [7, 11) is 1.36. The standard InChI is InChI=1S/C18H22ClFN2O3/c1-25-18(24)16-8-11-4-2-3-5-15(11)22(16)10-17(23)21-14-9-12(19)6-7-13(14)20/h6-7,9,11,15-16H,2-5,8,10H2,1H3,(H,21,23)/t11-,15-,16+/m1/s1. The fourth-order valence-electron chi connectivity index (χ4n) is 4.10. The summed E-state index contributed by atoms with van der Waals surface area (Å²) >= 11 is 5.86. The fraction of sp³-hybridized carbons (Fsp3) is 0.556. The third-order valence-electron chi connectivity index (χ3n) is 5.22. The zero-order chi connectivity index (χ0) is 18.0. The van der Waals surface area contributed by atoms with Gasteiger partial charge in [0.2, 0.25) is 5.91 Å². The van der Waals surface area contributed by atoms with E-state index < -0.39 is 11.9 Å². The second-order valence-electron chi connectivity index (χ2n) is 6.73. The fourth-order valence-corrected chi connectivity index (χ4v) is 4.27. The van der Waals surface area contributed by atoms with E-state index in [9.17, 15) is 14.0 Å². The monoisotopic (exact) mass is 368 g/mol. The van der Waals surface area contributed by atoms with Gasteiger partial charge >= 0.3 is 5.97 Å². The summed E-state index contributed by atoms with van der Waals surface area (Å²) in [5.74, 6) is -0.801. The van der Waals surface area contributed by atoms with E-state index in [0.29, 0.717) is 10.9 Å². The Kier molecular flexibility index (Phi) is 5.59. The predicted molar refractivity (Wildman–Crippen MR) is 92.9 cm³/mol. The second-order valence-corrected chi connectivity index (χ2v) is 7.17. The summed E-state index contributed by atoms with van der Waals surface area (Å²) in [6.45, 7) is 0.0346. The lowest BCUT2D eigenvalue weighted by Crippen LogP contribution is -2.46. The normalized spacial score (nSPS) is 26.1. The van der Waals surface area contributed by atoms with Crippen molar-refractivity contribution < 1.29 is 18.7 Å². The van der Waals surface area contributed by atoms with Gasteiger partial charge in [-0.3, -0.25) is 14.5 Å². The van der Waals surface area contributed by atoms with E-state index in [4.69, 9.17) is 16.3 Å². The maximum absolute atomic E-state index is 13.8. The van der Waals surface area contributed by atoms with Crippen molar-refractivity contribution in [3.63, 3.8) is 0 Å². The smallest absolute Gasteiger partial charge is 0.323 e. The molecule has 25 heavy (non-hydrogen) atoms. The number of methoxy groups -OCH3 is 1. The lowest BCUT2D eigenvalue weighted by molar-refractivity contribution is -0.146. The van der Waals surface area contributed by atoms with Gasteiger partial charge < -0.3 is 10.1 Å². The third kappa shape index (κ3) is 3.96. The molecule has 1 aliphatic carbocycles. The Bertz CT molecular complexity index is 670. The lowest BCUT2D eigenvalue weighted by Gasteiger charge is -2.32. The van der Waals surface area contributed by atoms with Crippen LogP contribution in [0.5, 0.6) is 0 Å². The Balaban J connectivity index is 1.72. The summed E-state index contributed by atoms with van der Waals surface area (Å²) < 4.78 is 18.7. The number of hydrogen-bond donors (Lipinski definition) is 1. The second kappa shape index (κ2) is 7.70. The van der Waals surface area contributed by atoms with Crippen molar-refractivity contribution in [2.45, 2.75) is 44.2 Å². The molecule has 2 aliphatic rings. The van der Waals surface area contributed by atoms with E-state index in [2.05, 4.69) is 5.32 Å². The molecule has 0 radical (unpaired) electrons. The molecule has 1 aliphatic heterocycles. The summed E-state index contributed by atoms with van der Waals surface area (Å²) in [5.41, 5.74) is 0.0477. The van der Waals surface area contributed by atoms with Gasteiger partial charge in [-0.25, -0.2) is 4.39 Å². The van der Waals surface area contributed by atoms with Crippen LogP contribution in [0.4, 0.5) is 10.1 Å². The van der Waals surface area contributed by atoms with Crippen LogP contribution in [0.2, 0.25) is 5.02 Å². The van der Waals surface area contributed by atoms with Crippen LogP contribution in [0.1, 0.15) is 32.1 Å². The van der Waals surface area contributed by atoms with E-state index in [1.165, 1.54) is 25.3 Å². The Morgan fingerprint density at radius 2 is 2.12 bits per heavy atom. The molecule has 1 aromatic rings. The maximum atomic E-state index is 13.8. The van der Waals surface area contributed by atoms with Crippen LogP contribution in [-0.4, -0.2) is 42.5 Å². The molecule has 1 saturated carbocycles. The number of likely N-dealkylation sites (tertiary alicyclic amines) is 1. The van der Waals surface area contributed by atoms with Crippen molar-refractivity contribution in [3.05, 3.63) is 29.0 Å². The van der Waals surface area contributed by atoms with E-state index in [1.54, 1.807) is 0 Å². The molecule has 7 heteroatoms. The topological polar surface area (TPSA) is 58.6 Å². The van der Waals surface area contributed by atoms with Crippen molar-refractivity contribution in [1.29, 1.82) is 0 Å². The van der Waals surface area contributed by atoms with Gasteiger partial charge in [0, 0.05) is 11.1 Å². The largest absolute Gasteiger partial charge is 0.468 e. The van der Waals surface area contributed by atoms with Crippen molar-refractivity contribution in [2.24, 2.45) is 5.92 Å². The quantitative estimate of drug-likeness (QED) is 0.829. The molecule has 136 valence electrons. The number of esters is 1. The van der Waals surface area contributed by atoms with Crippen LogP contribution in [0.25, 0.3) is 0 Å². The molecule has 1 aromatic carbocycles. The van der Waals surface area contributed by atoms with Gasteiger partial charge in [-0.2, -0.15) is 0 Å². The number of carbonyl (C=O) groups excluding carboxylic acids is 2. The molecule has 0 spiro atoms. The third-order valence-corrected chi connectivity index (χ3v) is 5.46. The first kappa shape index (κ1) is 18.1. The van der Waals surface area contributed by atoms with Crippen molar-refractivity contribution in [2.75, 3.05) is 19.0 Å². The van der Waals surface area contributed by atoms with E-state index in [0.717, 1.165) is 32.1 Å². The minimum absolute atomic E-state index is 0.0346. The number of hydrogen-bond acceptors (Lipinski definition) is 4. The number of nitrogens with zero attached hydrogens (tertiary/aromatic N) is 1. The molecule has 1 saturated heterocycles. The number of amides is 1. The molecular weight excluding hydrogens is 347 g/mol. The first-order chi connectivity index (χ1) is 12.0. The highest BCUT2D eigenvalue weighted by Crippen LogP contribution is 2.39. The number of nitrogens with one attached hydrogen (secondary N) is 1. The van der Waals surface area contributed by atoms with Gasteiger partial charge in [-0.05, 0) is 43.4 Å². The Hall–Kier alpha value is -1.66. The number of halogens is 2. The average Bonchev–Trinajstić information content (AvgIpc) is 2.96. The number of carbonyl (C=O) groups is 2. The SMILES string of the molecule is COC(=O)[C@@H]1C[C@H]2CCCC[C@H]2N1CC(=O)Nc1cc(Cl)ccc1F. The van der Waals surface area contributed by atoms with Crippen LogP contribution < -0.4 is 5.32 Å². The highest BCUT2D eigenvalue weighted by Gasteiger charge is 2.46. The van der Waals surface area contributed by atoms with E-state index >= 15 is 0 Å². The Morgan fingerprint density at radius 1 is 1.36 bits per heavy atom. The number of rotatable bonds is 4. The Labute approximate surface area is 151 Å². The first-order valence-corrected chi connectivity index (χ1v) is 8.96. The van der Waals surface area contributed by atoms with Gasteiger partial charge in [-0.1, -0.05) is 24.4 Å². The van der Waals surface area contributed by atoms with Gasteiger partial charge in [0.15, 0.2) is 0 Å². The highest BCUT2D eigenvalue weighted by atomic mass is 35.5. The number of benzene rings is 1. The van der Waals surface area contributed by atoms with Crippen LogP contribution in [0.3, 0.4) is 0 Å². The molecule has 0 bridgehead atoms. The molecule has 0 aromatic heterocycles. The van der Waals surface area contributed by atoms with Crippen molar-refractivity contribution >= 4 is 29.2 Å². The molecule has 1 heterocycles. The minimum atomic E-state index is -0.542. The lowest BCUT2D eigenvalue weighted by atomic mass is 9.85. The number of anilines is 1. The van der Waals surface area contributed by atoms with Crippen molar-refractivity contribution in [3.8, 4) is 0 Å². The minimum Gasteiger partial charge on any atom is -0.468 e. The number of fused-ring (bicyclic) bond motifs is 1. The average molecular weight is 369 g/mol. The van der Waals surface area contributed by atoms with E-state index in [1.807, 2.05) is 4.90 Å². The van der Waals surface area contributed by atoms with Crippen LogP contribution in [-0.2, 0) is 14.3 Å². The van der Waals surface area contributed by atoms with Crippen LogP contribution in [0.15, 0.2) is 18.2 Å². The summed E-state index contributed by atoms with van der Waals surface area (Å²) in [6, 6.07) is 3.80. The summed E-state index contributed by atoms with van der Waals surface area (Å²) in [6.07, 6.45) is 5.01. The predicted octanol–water partition coefficient (Wildman–Crippen LogP) is 3.22. The van der Waals surface area contributed by atoms with Gasteiger partial charge in [-0.15, -0.1) is 0 Å². The molecular formula is C18H22ClFN2O3. The molecule has 0 unspecified atom stereocenters. The zero-order valence-corrected chi connectivity index (χ0v) is 14.9. The Morgan fingerprint density at radius 3 is 2.88 bits per heavy atom. The molecule has 5 nitrogen and oxygen atoms in total. The van der Waals surface area contributed by atoms with Crippen LogP contribution in [0, 0.1) is 11.7 Å². The van der Waals surface area contributed by atoms with Gasteiger partial charge in [0.1, 0.15) is 11.9 Å². The van der Waals surface area contributed by atoms with Gasteiger partial charge in [0.25, 0.3) is 0 Å². The van der Waals surface area contributed by atoms with Crippen LogP contribution >= 0.6 is 11.6 Å².